The van der Waals surface area contributed by atoms with Crippen LogP contribution in [-0.2, 0) is 6.54 Å². The molecule has 2 nitrogen and oxygen atoms in total. The Bertz CT molecular complexity index is 289. The molecular formula is C9H12F2N2. The smallest absolute Gasteiger partial charge is 0.127 e. The molecule has 2 N–H and O–H groups in total. The number of rotatable bonds is 3. The van der Waals surface area contributed by atoms with E-state index in [1.54, 1.807) is 11.9 Å². The van der Waals surface area contributed by atoms with Crippen LogP contribution < -0.4 is 5.73 Å². The van der Waals surface area contributed by atoms with E-state index in [4.69, 9.17) is 5.73 Å². The van der Waals surface area contributed by atoms with Crippen LogP contribution in [0.3, 0.4) is 0 Å². The molecule has 0 aliphatic rings. The lowest BCUT2D eigenvalue weighted by atomic mass is 10.2. The summed E-state index contributed by atoms with van der Waals surface area (Å²) in [5, 5.41) is 0. The first-order chi connectivity index (χ1) is 6.13. The summed E-state index contributed by atoms with van der Waals surface area (Å²) in [7, 11) is 1.74. The van der Waals surface area contributed by atoms with Crippen LogP contribution in [0, 0.1) is 11.6 Å². The van der Waals surface area contributed by atoms with Gasteiger partial charge >= 0.3 is 0 Å². The molecule has 1 aromatic carbocycles. The number of hydrogen-bond acceptors (Lipinski definition) is 2. The van der Waals surface area contributed by atoms with Crippen molar-refractivity contribution >= 4 is 0 Å². The fourth-order valence-electron chi connectivity index (χ4n) is 1.02. The molecule has 0 unspecified atom stereocenters. The zero-order valence-corrected chi connectivity index (χ0v) is 7.43. The van der Waals surface area contributed by atoms with Gasteiger partial charge in [0, 0.05) is 18.8 Å². The van der Waals surface area contributed by atoms with Crippen LogP contribution in [0.15, 0.2) is 18.2 Å². The predicted molar refractivity (Wildman–Crippen MR) is 46.9 cm³/mol. The highest BCUT2D eigenvalue weighted by atomic mass is 19.1. The molecule has 0 bridgehead atoms. The van der Waals surface area contributed by atoms with E-state index in [0.717, 1.165) is 12.1 Å². The Morgan fingerprint density at radius 1 is 1.38 bits per heavy atom. The zero-order chi connectivity index (χ0) is 9.84. The van der Waals surface area contributed by atoms with Crippen molar-refractivity contribution in [3.8, 4) is 0 Å². The Balaban J connectivity index is 2.81. The average molecular weight is 186 g/mol. The van der Waals surface area contributed by atoms with Crippen LogP contribution in [0.5, 0.6) is 0 Å². The molecule has 13 heavy (non-hydrogen) atoms. The van der Waals surface area contributed by atoms with Gasteiger partial charge in [0.1, 0.15) is 11.6 Å². The molecule has 0 aliphatic heterocycles. The van der Waals surface area contributed by atoms with Crippen LogP contribution in [0.25, 0.3) is 0 Å². The van der Waals surface area contributed by atoms with Crippen molar-refractivity contribution in [2.45, 2.75) is 6.54 Å². The van der Waals surface area contributed by atoms with Gasteiger partial charge in [0.15, 0.2) is 0 Å². The standard InChI is InChI=1S/C9H12F2N2/c1-13(6-12)5-7-4-8(10)2-3-9(7)11/h2-4H,5-6,12H2,1H3. The minimum absolute atomic E-state index is 0.315. The summed E-state index contributed by atoms with van der Waals surface area (Å²) < 4.78 is 25.7. The summed E-state index contributed by atoms with van der Waals surface area (Å²) in [5.41, 5.74) is 5.64. The highest BCUT2D eigenvalue weighted by Crippen LogP contribution is 2.10. The predicted octanol–water partition coefficient (Wildman–Crippen LogP) is 1.31. The highest BCUT2D eigenvalue weighted by molar-refractivity contribution is 5.18. The van der Waals surface area contributed by atoms with E-state index in [1.165, 1.54) is 6.07 Å². The molecule has 0 spiro atoms. The highest BCUT2D eigenvalue weighted by Gasteiger charge is 2.05. The molecule has 0 aromatic heterocycles. The van der Waals surface area contributed by atoms with E-state index in [-0.39, 0.29) is 0 Å². The molecule has 4 heteroatoms. The van der Waals surface area contributed by atoms with Crippen LogP contribution in [-0.4, -0.2) is 18.6 Å². The molecule has 0 saturated heterocycles. The van der Waals surface area contributed by atoms with Gasteiger partial charge in [-0.1, -0.05) is 0 Å². The zero-order valence-electron chi connectivity index (χ0n) is 7.43. The molecule has 0 atom stereocenters. The number of nitrogens with zero attached hydrogens (tertiary/aromatic N) is 1. The fraction of sp³-hybridized carbons (Fsp3) is 0.333. The van der Waals surface area contributed by atoms with E-state index >= 15 is 0 Å². The van der Waals surface area contributed by atoms with Crippen LogP contribution in [0.2, 0.25) is 0 Å². The summed E-state index contributed by atoms with van der Waals surface area (Å²) in [6.45, 7) is 0.635. The van der Waals surface area contributed by atoms with Crippen LogP contribution in [0.1, 0.15) is 5.56 Å². The van der Waals surface area contributed by atoms with Crippen molar-refractivity contribution in [1.29, 1.82) is 0 Å². The van der Waals surface area contributed by atoms with Crippen molar-refractivity contribution < 1.29 is 8.78 Å². The van der Waals surface area contributed by atoms with Gasteiger partial charge in [-0.25, -0.2) is 8.78 Å². The molecule has 0 fully saturated rings. The Kier molecular flexibility index (Phi) is 3.33. The van der Waals surface area contributed by atoms with Gasteiger partial charge in [0.25, 0.3) is 0 Å². The second kappa shape index (κ2) is 4.30. The first-order valence-corrected chi connectivity index (χ1v) is 3.96. The topological polar surface area (TPSA) is 29.3 Å². The first kappa shape index (κ1) is 10.1. The third-order valence-electron chi connectivity index (χ3n) is 1.76. The maximum atomic E-state index is 13.0. The van der Waals surface area contributed by atoms with Gasteiger partial charge in [0.2, 0.25) is 0 Å². The van der Waals surface area contributed by atoms with Crippen molar-refractivity contribution in [3.05, 3.63) is 35.4 Å². The van der Waals surface area contributed by atoms with Gasteiger partial charge in [0.05, 0.1) is 0 Å². The summed E-state index contributed by atoms with van der Waals surface area (Å²) in [5.74, 6) is -0.830. The second-order valence-electron chi connectivity index (χ2n) is 2.93. The summed E-state index contributed by atoms with van der Waals surface area (Å²) in [6, 6.07) is 3.40. The average Bonchev–Trinajstić information content (AvgIpc) is 2.11. The summed E-state index contributed by atoms with van der Waals surface area (Å²) in [4.78, 5) is 1.69. The lowest BCUT2D eigenvalue weighted by Crippen LogP contribution is -2.25. The van der Waals surface area contributed by atoms with E-state index in [2.05, 4.69) is 0 Å². The lowest BCUT2D eigenvalue weighted by molar-refractivity contribution is 0.330. The Morgan fingerprint density at radius 3 is 2.69 bits per heavy atom. The number of nitrogens with two attached hydrogens (primary N) is 1. The number of hydrogen-bond donors (Lipinski definition) is 1. The Morgan fingerprint density at radius 2 is 2.08 bits per heavy atom. The molecule has 0 radical (unpaired) electrons. The number of benzene rings is 1. The quantitative estimate of drug-likeness (QED) is 0.721. The van der Waals surface area contributed by atoms with Crippen molar-refractivity contribution in [2.75, 3.05) is 13.7 Å². The van der Waals surface area contributed by atoms with Crippen molar-refractivity contribution in [3.63, 3.8) is 0 Å². The Hall–Kier alpha value is -1.00. The number of halogens is 2. The maximum absolute atomic E-state index is 13.0. The summed E-state index contributed by atoms with van der Waals surface area (Å²) >= 11 is 0. The molecule has 0 aliphatic carbocycles. The maximum Gasteiger partial charge on any atom is 0.127 e. The van der Waals surface area contributed by atoms with Gasteiger partial charge in [-0.05, 0) is 25.2 Å². The SMILES string of the molecule is CN(CN)Cc1cc(F)ccc1F. The minimum atomic E-state index is -0.429. The van der Waals surface area contributed by atoms with Crippen LogP contribution >= 0.6 is 0 Å². The molecule has 1 rings (SSSR count). The minimum Gasteiger partial charge on any atom is -0.318 e. The third-order valence-corrected chi connectivity index (χ3v) is 1.76. The normalized spacial score (nSPS) is 10.8. The molecule has 72 valence electrons. The molecule has 1 aromatic rings. The first-order valence-electron chi connectivity index (χ1n) is 3.96. The molecule has 0 heterocycles. The van der Waals surface area contributed by atoms with Gasteiger partial charge < -0.3 is 5.73 Å². The molecule has 0 saturated carbocycles. The Labute approximate surface area is 76.0 Å². The van der Waals surface area contributed by atoms with Crippen molar-refractivity contribution in [1.82, 2.24) is 4.90 Å². The largest absolute Gasteiger partial charge is 0.318 e. The van der Waals surface area contributed by atoms with E-state index in [9.17, 15) is 8.78 Å². The van der Waals surface area contributed by atoms with E-state index < -0.39 is 11.6 Å². The van der Waals surface area contributed by atoms with Gasteiger partial charge in [-0.15, -0.1) is 0 Å². The van der Waals surface area contributed by atoms with Crippen molar-refractivity contribution in [2.24, 2.45) is 5.73 Å². The third kappa shape index (κ3) is 2.75. The lowest BCUT2D eigenvalue weighted by Gasteiger charge is -2.13. The van der Waals surface area contributed by atoms with Crippen LogP contribution in [0.4, 0.5) is 8.78 Å². The van der Waals surface area contributed by atoms with Gasteiger partial charge in [-0.2, -0.15) is 0 Å². The van der Waals surface area contributed by atoms with Gasteiger partial charge in [-0.3, -0.25) is 4.90 Å². The second-order valence-corrected chi connectivity index (χ2v) is 2.93. The fourth-order valence-corrected chi connectivity index (χ4v) is 1.02. The summed E-state index contributed by atoms with van der Waals surface area (Å²) in [6.07, 6.45) is 0. The van der Waals surface area contributed by atoms with E-state index in [1.807, 2.05) is 0 Å². The monoisotopic (exact) mass is 186 g/mol. The van der Waals surface area contributed by atoms with E-state index in [0.29, 0.717) is 18.8 Å². The molecule has 0 amide bonds. The molecular weight excluding hydrogens is 174 g/mol.